The summed E-state index contributed by atoms with van der Waals surface area (Å²) in [6.45, 7) is 2.05. The van der Waals surface area contributed by atoms with Crippen molar-refractivity contribution in [2.45, 2.75) is 19.4 Å². The second-order valence-electron chi connectivity index (χ2n) is 4.72. The van der Waals surface area contributed by atoms with E-state index in [1.807, 2.05) is 43.3 Å². The van der Waals surface area contributed by atoms with E-state index in [4.69, 9.17) is 0 Å². The van der Waals surface area contributed by atoms with Gasteiger partial charge in [-0.3, -0.25) is 4.79 Å². The number of hydrogen-bond donors (Lipinski definition) is 2. The minimum absolute atomic E-state index is 0.212. The fraction of sp³-hybridized carbons (Fsp3) is 0.250. The smallest absolute Gasteiger partial charge is 0.269 e. The Morgan fingerprint density at radius 1 is 1.20 bits per heavy atom. The average molecular weight is 270 g/mol. The number of nitrogens with one attached hydrogen (secondary N) is 1. The van der Waals surface area contributed by atoms with Gasteiger partial charge < -0.3 is 10.4 Å². The first kappa shape index (κ1) is 14.2. The lowest BCUT2D eigenvalue weighted by Crippen LogP contribution is -2.33. The molecule has 2 rings (SSSR count). The van der Waals surface area contributed by atoms with E-state index in [0.717, 1.165) is 11.3 Å². The Morgan fingerprint density at radius 3 is 2.65 bits per heavy atom. The molecule has 2 aromatic rings. The predicted octanol–water partition coefficient (Wildman–Crippen LogP) is 1.72. The van der Waals surface area contributed by atoms with E-state index in [9.17, 15) is 9.90 Å². The van der Waals surface area contributed by atoms with Crippen LogP contribution in [0, 0.1) is 6.92 Å². The first-order valence-electron chi connectivity index (χ1n) is 6.59. The number of carbonyl (C=O) groups is 1. The van der Waals surface area contributed by atoms with Gasteiger partial charge >= 0.3 is 0 Å². The Bertz CT molecular complexity index is 570. The summed E-state index contributed by atoms with van der Waals surface area (Å²) in [6, 6.07) is 15.0. The van der Waals surface area contributed by atoms with Gasteiger partial charge in [0, 0.05) is 18.7 Å². The monoisotopic (exact) mass is 270 g/mol. The molecule has 0 bridgehead atoms. The number of pyridine rings is 1. The van der Waals surface area contributed by atoms with E-state index >= 15 is 0 Å². The normalized spacial score (nSPS) is 11.9. The molecular formula is C16H18N2O2. The van der Waals surface area contributed by atoms with Gasteiger partial charge in [0.2, 0.25) is 0 Å². The Hall–Kier alpha value is -2.20. The number of aliphatic hydroxyl groups is 1. The van der Waals surface area contributed by atoms with E-state index in [1.165, 1.54) is 0 Å². The molecule has 0 saturated carbocycles. The lowest BCUT2D eigenvalue weighted by molar-refractivity contribution is 0.0911. The first-order chi connectivity index (χ1) is 9.65. The molecule has 0 radical (unpaired) electrons. The standard InChI is InChI=1S/C16H18N2O2/c1-12-6-5-9-15(18-12)16(20)17-11-14(19)10-13-7-3-2-4-8-13/h2-9,14,19H,10-11H2,1H3,(H,17,20)/t14-/m0/s1. The van der Waals surface area contributed by atoms with Crippen LogP contribution in [0.25, 0.3) is 0 Å². The van der Waals surface area contributed by atoms with Gasteiger partial charge in [0.1, 0.15) is 5.69 Å². The lowest BCUT2D eigenvalue weighted by atomic mass is 10.1. The molecule has 0 fully saturated rings. The summed E-state index contributed by atoms with van der Waals surface area (Å²) < 4.78 is 0. The molecule has 1 aromatic heterocycles. The third kappa shape index (κ3) is 4.17. The van der Waals surface area contributed by atoms with Crippen LogP contribution in [0.4, 0.5) is 0 Å². The number of hydrogen-bond acceptors (Lipinski definition) is 3. The lowest BCUT2D eigenvalue weighted by Gasteiger charge is -2.12. The van der Waals surface area contributed by atoms with Crippen molar-refractivity contribution in [1.82, 2.24) is 10.3 Å². The molecular weight excluding hydrogens is 252 g/mol. The summed E-state index contributed by atoms with van der Waals surface area (Å²) in [5, 5.41) is 12.6. The summed E-state index contributed by atoms with van der Waals surface area (Å²) in [4.78, 5) is 16.0. The highest BCUT2D eigenvalue weighted by Gasteiger charge is 2.10. The van der Waals surface area contributed by atoms with Gasteiger partial charge in [0.05, 0.1) is 6.10 Å². The van der Waals surface area contributed by atoms with Gasteiger partial charge in [-0.2, -0.15) is 0 Å². The van der Waals surface area contributed by atoms with E-state index in [-0.39, 0.29) is 12.5 Å². The van der Waals surface area contributed by atoms with Gasteiger partial charge in [-0.05, 0) is 24.6 Å². The van der Waals surface area contributed by atoms with Gasteiger partial charge in [-0.15, -0.1) is 0 Å². The molecule has 0 aliphatic heterocycles. The van der Waals surface area contributed by atoms with E-state index < -0.39 is 6.10 Å². The van der Waals surface area contributed by atoms with Crippen LogP contribution in [0.5, 0.6) is 0 Å². The van der Waals surface area contributed by atoms with Crippen LogP contribution in [-0.2, 0) is 6.42 Å². The summed E-state index contributed by atoms with van der Waals surface area (Å²) in [5.74, 6) is -0.263. The second kappa shape index (κ2) is 6.82. The van der Waals surface area contributed by atoms with E-state index in [2.05, 4.69) is 10.3 Å². The minimum Gasteiger partial charge on any atom is -0.391 e. The van der Waals surface area contributed by atoms with Gasteiger partial charge in [-0.25, -0.2) is 4.98 Å². The number of benzene rings is 1. The molecule has 20 heavy (non-hydrogen) atoms. The van der Waals surface area contributed by atoms with Crippen molar-refractivity contribution in [3.8, 4) is 0 Å². The molecule has 0 unspecified atom stereocenters. The Kier molecular flexibility index (Phi) is 4.85. The zero-order valence-corrected chi connectivity index (χ0v) is 11.4. The maximum atomic E-state index is 11.9. The van der Waals surface area contributed by atoms with Crippen LogP contribution in [-0.4, -0.2) is 28.6 Å². The molecule has 2 N–H and O–H groups in total. The molecule has 0 aliphatic carbocycles. The molecule has 0 saturated heterocycles. The van der Waals surface area contributed by atoms with Crippen LogP contribution in [0.1, 0.15) is 21.7 Å². The van der Waals surface area contributed by atoms with Gasteiger partial charge in [0.15, 0.2) is 0 Å². The highest BCUT2D eigenvalue weighted by molar-refractivity contribution is 5.92. The Morgan fingerprint density at radius 2 is 1.95 bits per heavy atom. The molecule has 1 amide bonds. The third-order valence-electron chi connectivity index (χ3n) is 2.93. The highest BCUT2D eigenvalue weighted by atomic mass is 16.3. The average Bonchev–Trinajstić information content (AvgIpc) is 2.46. The second-order valence-corrected chi connectivity index (χ2v) is 4.72. The van der Waals surface area contributed by atoms with Gasteiger partial charge in [0.25, 0.3) is 5.91 Å². The molecule has 104 valence electrons. The minimum atomic E-state index is -0.605. The molecule has 1 atom stereocenters. The number of carbonyl (C=O) groups excluding carboxylic acids is 1. The number of aryl methyl sites for hydroxylation is 1. The SMILES string of the molecule is Cc1cccc(C(=O)NC[C@@H](O)Cc2ccccc2)n1. The first-order valence-corrected chi connectivity index (χ1v) is 6.59. The molecule has 0 aliphatic rings. The van der Waals surface area contributed by atoms with Crippen molar-refractivity contribution >= 4 is 5.91 Å². The van der Waals surface area contributed by atoms with Crippen molar-refractivity contribution in [2.24, 2.45) is 0 Å². The van der Waals surface area contributed by atoms with Crippen molar-refractivity contribution in [2.75, 3.05) is 6.54 Å². The largest absolute Gasteiger partial charge is 0.391 e. The summed E-state index contributed by atoms with van der Waals surface area (Å²) >= 11 is 0. The quantitative estimate of drug-likeness (QED) is 0.869. The predicted molar refractivity (Wildman–Crippen MR) is 77.5 cm³/mol. The van der Waals surface area contributed by atoms with Gasteiger partial charge in [-0.1, -0.05) is 36.4 Å². The highest BCUT2D eigenvalue weighted by Crippen LogP contribution is 2.03. The van der Waals surface area contributed by atoms with Crippen molar-refractivity contribution < 1.29 is 9.90 Å². The van der Waals surface area contributed by atoms with Crippen LogP contribution >= 0.6 is 0 Å². The van der Waals surface area contributed by atoms with Crippen molar-refractivity contribution in [3.63, 3.8) is 0 Å². The number of aromatic nitrogens is 1. The van der Waals surface area contributed by atoms with Crippen LogP contribution in [0.3, 0.4) is 0 Å². The fourth-order valence-electron chi connectivity index (χ4n) is 1.93. The molecule has 4 heteroatoms. The van der Waals surface area contributed by atoms with Crippen LogP contribution < -0.4 is 5.32 Å². The maximum absolute atomic E-state index is 11.9. The molecule has 1 heterocycles. The Balaban J connectivity index is 1.84. The van der Waals surface area contributed by atoms with Crippen molar-refractivity contribution in [1.29, 1.82) is 0 Å². The topological polar surface area (TPSA) is 62.2 Å². The molecule has 4 nitrogen and oxygen atoms in total. The zero-order valence-electron chi connectivity index (χ0n) is 11.4. The van der Waals surface area contributed by atoms with E-state index in [0.29, 0.717) is 12.1 Å². The summed E-state index contributed by atoms with van der Waals surface area (Å²) in [6.07, 6.45) is -0.0892. The number of aliphatic hydroxyl groups excluding tert-OH is 1. The fourth-order valence-corrected chi connectivity index (χ4v) is 1.93. The summed E-state index contributed by atoms with van der Waals surface area (Å²) in [5.41, 5.74) is 2.21. The Labute approximate surface area is 118 Å². The number of amides is 1. The van der Waals surface area contributed by atoms with Crippen LogP contribution in [0.2, 0.25) is 0 Å². The summed E-state index contributed by atoms with van der Waals surface area (Å²) in [7, 11) is 0. The van der Waals surface area contributed by atoms with Crippen LogP contribution in [0.15, 0.2) is 48.5 Å². The third-order valence-corrected chi connectivity index (χ3v) is 2.93. The number of rotatable bonds is 5. The number of nitrogens with zero attached hydrogens (tertiary/aromatic N) is 1. The maximum Gasteiger partial charge on any atom is 0.269 e. The van der Waals surface area contributed by atoms with Crippen molar-refractivity contribution in [3.05, 3.63) is 65.5 Å². The molecule has 1 aromatic carbocycles. The zero-order chi connectivity index (χ0) is 14.4. The van der Waals surface area contributed by atoms with E-state index in [1.54, 1.807) is 12.1 Å². The molecule has 0 spiro atoms.